The van der Waals surface area contributed by atoms with E-state index in [1.807, 2.05) is 6.92 Å². The third-order valence-electron chi connectivity index (χ3n) is 3.35. The third-order valence-corrected chi connectivity index (χ3v) is 3.35. The van der Waals surface area contributed by atoms with Crippen molar-refractivity contribution in [3.63, 3.8) is 0 Å². The number of epoxide rings is 1. The Kier molecular flexibility index (Phi) is 1.42. The maximum atomic E-state index is 11.6. The minimum Gasteiger partial charge on any atom is -0.369 e. The number of ether oxygens (including phenoxy) is 1. The van der Waals surface area contributed by atoms with Crippen molar-refractivity contribution in [2.24, 2.45) is 11.1 Å². The molecule has 2 N–H and O–H groups in total. The zero-order chi connectivity index (χ0) is 9.85. The standard InChI is InChI=1S/C9H13NO3/c1-8-4-3-5(11)9(2,7(10)12)6(8)13-8/h6H,3-4H2,1-2H3,(H2,10,12)/t6-,8-,9+/m1/s1. The number of amides is 1. The molecule has 0 unspecified atom stereocenters. The molecule has 2 fully saturated rings. The topological polar surface area (TPSA) is 72.7 Å². The zero-order valence-electron chi connectivity index (χ0n) is 7.79. The first-order valence-electron chi connectivity index (χ1n) is 4.42. The Labute approximate surface area is 76.4 Å². The number of fused-ring (bicyclic) bond motifs is 1. The first-order valence-corrected chi connectivity index (χ1v) is 4.42. The summed E-state index contributed by atoms with van der Waals surface area (Å²) in [5, 5.41) is 0. The van der Waals surface area contributed by atoms with Crippen molar-refractivity contribution in [1.29, 1.82) is 0 Å². The number of carbonyl (C=O) groups is 2. The van der Waals surface area contributed by atoms with Crippen LogP contribution in [0.15, 0.2) is 0 Å². The second-order valence-electron chi connectivity index (χ2n) is 4.30. The summed E-state index contributed by atoms with van der Waals surface area (Å²) in [6.07, 6.45) is 0.810. The summed E-state index contributed by atoms with van der Waals surface area (Å²) in [6, 6.07) is 0. The van der Waals surface area contributed by atoms with Crippen LogP contribution in [-0.4, -0.2) is 23.4 Å². The molecule has 0 aromatic heterocycles. The molecule has 1 saturated heterocycles. The SMILES string of the molecule is C[C@]1(C(N)=O)C(=O)CC[C@@]2(C)O[C@@H]12. The fraction of sp³-hybridized carbons (Fsp3) is 0.778. The quantitative estimate of drug-likeness (QED) is 0.459. The Morgan fingerprint density at radius 1 is 1.62 bits per heavy atom. The van der Waals surface area contributed by atoms with Gasteiger partial charge in [-0.2, -0.15) is 0 Å². The van der Waals surface area contributed by atoms with Gasteiger partial charge in [0.1, 0.15) is 11.5 Å². The van der Waals surface area contributed by atoms with Crippen LogP contribution in [0.2, 0.25) is 0 Å². The molecule has 2 rings (SSSR count). The van der Waals surface area contributed by atoms with Crippen molar-refractivity contribution in [3.05, 3.63) is 0 Å². The maximum Gasteiger partial charge on any atom is 0.233 e. The summed E-state index contributed by atoms with van der Waals surface area (Å²) in [4.78, 5) is 22.7. The van der Waals surface area contributed by atoms with Crippen molar-refractivity contribution in [2.45, 2.75) is 38.4 Å². The van der Waals surface area contributed by atoms with Crippen LogP contribution in [0.25, 0.3) is 0 Å². The van der Waals surface area contributed by atoms with Crippen LogP contribution in [0.4, 0.5) is 0 Å². The predicted octanol–water partition coefficient (Wildman–Crippen LogP) is -0.00160. The predicted molar refractivity (Wildman–Crippen MR) is 44.8 cm³/mol. The van der Waals surface area contributed by atoms with E-state index in [9.17, 15) is 9.59 Å². The Morgan fingerprint density at radius 2 is 2.23 bits per heavy atom. The summed E-state index contributed by atoms with van der Waals surface area (Å²) >= 11 is 0. The van der Waals surface area contributed by atoms with Crippen LogP contribution in [0.5, 0.6) is 0 Å². The van der Waals surface area contributed by atoms with Gasteiger partial charge in [0.15, 0.2) is 5.78 Å². The molecule has 1 aliphatic carbocycles. The van der Waals surface area contributed by atoms with Crippen molar-refractivity contribution in [3.8, 4) is 0 Å². The molecule has 1 aliphatic heterocycles. The molecule has 0 spiro atoms. The minimum atomic E-state index is -1.09. The van der Waals surface area contributed by atoms with Gasteiger partial charge in [0.25, 0.3) is 0 Å². The van der Waals surface area contributed by atoms with E-state index in [1.54, 1.807) is 6.92 Å². The number of ketones is 1. The van der Waals surface area contributed by atoms with E-state index in [1.165, 1.54) is 0 Å². The summed E-state index contributed by atoms with van der Waals surface area (Å²) in [5.41, 5.74) is 3.86. The van der Waals surface area contributed by atoms with Crippen molar-refractivity contribution in [2.75, 3.05) is 0 Å². The molecule has 0 bridgehead atoms. The van der Waals surface area contributed by atoms with Crippen LogP contribution in [0.3, 0.4) is 0 Å². The van der Waals surface area contributed by atoms with Gasteiger partial charge in [0, 0.05) is 6.42 Å². The number of hydrogen-bond acceptors (Lipinski definition) is 3. The summed E-state index contributed by atoms with van der Waals surface area (Å²) in [5.74, 6) is -0.647. The average molecular weight is 183 g/mol. The number of primary amides is 1. The number of rotatable bonds is 1. The lowest BCUT2D eigenvalue weighted by molar-refractivity contribution is -0.141. The number of Topliss-reactive ketones (excluding diaryl/α,β-unsaturated/α-hetero) is 1. The molecule has 0 aromatic rings. The van der Waals surface area contributed by atoms with E-state index in [4.69, 9.17) is 10.5 Å². The Balaban J connectivity index is 2.36. The molecule has 0 radical (unpaired) electrons. The molecule has 1 saturated carbocycles. The summed E-state index contributed by atoms with van der Waals surface area (Å²) in [7, 11) is 0. The van der Waals surface area contributed by atoms with Gasteiger partial charge in [-0.25, -0.2) is 0 Å². The molecular formula is C9H13NO3. The zero-order valence-corrected chi connectivity index (χ0v) is 7.79. The number of nitrogens with two attached hydrogens (primary N) is 1. The highest BCUT2D eigenvalue weighted by atomic mass is 16.6. The van der Waals surface area contributed by atoms with E-state index in [0.717, 1.165) is 0 Å². The second kappa shape index (κ2) is 2.12. The van der Waals surface area contributed by atoms with Gasteiger partial charge in [0.05, 0.1) is 5.60 Å². The molecule has 4 heteroatoms. The molecule has 1 amide bonds. The highest BCUT2D eigenvalue weighted by Gasteiger charge is 2.68. The Hall–Kier alpha value is -0.900. The summed E-state index contributed by atoms with van der Waals surface area (Å²) < 4.78 is 5.39. The van der Waals surface area contributed by atoms with Crippen LogP contribution >= 0.6 is 0 Å². The lowest BCUT2D eigenvalue weighted by Crippen LogP contribution is -2.50. The monoisotopic (exact) mass is 183 g/mol. The van der Waals surface area contributed by atoms with Crippen molar-refractivity contribution >= 4 is 11.7 Å². The number of hydrogen-bond donors (Lipinski definition) is 1. The highest BCUT2D eigenvalue weighted by molar-refractivity contribution is 6.07. The van der Waals surface area contributed by atoms with Gasteiger partial charge < -0.3 is 10.5 Å². The maximum absolute atomic E-state index is 11.6. The van der Waals surface area contributed by atoms with E-state index in [0.29, 0.717) is 12.8 Å². The van der Waals surface area contributed by atoms with Crippen LogP contribution in [-0.2, 0) is 14.3 Å². The lowest BCUT2D eigenvalue weighted by Gasteiger charge is -2.27. The van der Waals surface area contributed by atoms with Gasteiger partial charge in [-0.15, -0.1) is 0 Å². The lowest BCUT2D eigenvalue weighted by atomic mass is 9.70. The highest BCUT2D eigenvalue weighted by Crippen LogP contribution is 2.54. The molecule has 13 heavy (non-hydrogen) atoms. The average Bonchev–Trinajstić information content (AvgIpc) is 2.72. The molecule has 2 aliphatic rings. The first kappa shape index (κ1) is 8.69. The molecule has 1 heterocycles. The summed E-state index contributed by atoms with van der Waals surface area (Å²) in [6.45, 7) is 3.51. The normalized spacial score (nSPS) is 48.5. The van der Waals surface area contributed by atoms with E-state index in [-0.39, 0.29) is 17.5 Å². The van der Waals surface area contributed by atoms with Gasteiger partial charge in [-0.1, -0.05) is 0 Å². The molecule has 72 valence electrons. The molecule has 4 nitrogen and oxygen atoms in total. The van der Waals surface area contributed by atoms with E-state index < -0.39 is 11.3 Å². The fourth-order valence-electron chi connectivity index (χ4n) is 2.19. The van der Waals surface area contributed by atoms with Crippen molar-refractivity contribution in [1.82, 2.24) is 0 Å². The largest absolute Gasteiger partial charge is 0.369 e. The van der Waals surface area contributed by atoms with E-state index >= 15 is 0 Å². The minimum absolute atomic E-state index is 0.0834. The molecule has 0 aromatic carbocycles. The van der Waals surface area contributed by atoms with Crippen LogP contribution in [0.1, 0.15) is 26.7 Å². The van der Waals surface area contributed by atoms with Gasteiger partial charge >= 0.3 is 0 Å². The smallest absolute Gasteiger partial charge is 0.233 e. The van der Waals surface area contributed by atoms with Crippen LogP contribution in [0, 0.1) is 5.41 Å². The second-order valence-corrected chi connectivity index (χ2v) is 4.30. The Morgan fingerprint density at radius 3 is 2.69 bits per heavy atom. The molecular weight excluding hydrogens is 170 g/mol. The number of carbonyl (C=O) groups excluding carboxylic acids is 2. The van der Waals surface area contributed by atoms with Gasteiger partial charge in [-0.05, 0) is 20.3 Å². The Bertz CT molecular complexity index is 301. The third kappa shape index (κ3) is 0.892. The van der Waals surface area contributed by atoms with E-state index in [2.05, 4.69) is 0 Å². The van der Waals surface area contributed by atoms with Crippen LogP contribution < -0.4 is 5.73 Å². The first-order chi connectivity index (χ1) is 5.91. The fourth-order valence-corrected chi connectivity index (χ4v) is 2.19. The van der Waals surface area contributed by atoms with Gasteiger partial charge in [-0.3, -0.25) is 9.59 Å². The van der Waals surface area contributed by atoms with Crippen molar-refractivity contribution < 1.29 is 14.3 Å². The molecule has 3 atom stereocenters. The van der Waals surface area contributed by atoms with Gasteiger partial charge in [0.2, 0.25) is 5.91 Å².